The fraction of sp³-hybridized carbons (Fsp3) is 1.00. The highest BCUT2D eigenvalue weighted by atomic mass is 16.6. The summed E-state index contributed by atoms with van der Waals surface area (Å²) in [6.07, 6.45) is 11.7. The van der Waals surface area contributed by atoms with Gasteiger partial charge in [-0.1, -0.05) is 44.9 Å². The highest BCUT2D eigenvalue weighted by molar-refractivity contribution is 4.90. The Kier molecular flexibility index (Phi) is 3.82. The quantitative estimate of drug-likeness (QED) is 0.607. The largest absolute Gasteiger partial charge is 0.390 e. The van der Waals surface area contributed by atoms with Crippen LogP contribution in [0.5, 0.6) is 0 Å². The monoisotopic (exact) mass is 198 g/mol. The van der Waals surface area contributed by atoms with Crippen LogP contribution in [0.4, 0.5) is 0 Å². The maximum atomic E-state index is 9.78. The lowest BCUT2D eigenvalue weighted by Gasteiger charge is -2.08. The molecule has 0 bridgehead atoms. The molecule has 2 rings (SSSR count). The zero-order valence-electron chi connectivity index (χ0n) is 8.95. The minimum absolute atomic E-state index is 0.181. The zero-order valence-corrected chi connectivity index (χ0v) is 8.95. The highest BCUT2D eigenvalue weighted by Gasteiger charge is 2.43. The topological polar surface area (TPSA) is 32.8 Å². The Morgan fingerprint density at radius 2 is 1.36 bits per heavy atom. The number of epoxide rings is 1. The van der Waals surface area contributed by atoms with Gasteiger partial charge < -0.3 is 9.84 Å². The Bertz CT molecular complexity index is 170. The molecule has 0 aromatic carbocycles. The average molecular weight is 198 g/mol. The molecule has 0 radical (unpaired) electrons. The minimum atomic E-state index is -0.181. The second-order valence-corrected chi connectivity index (χ2v) is 4.76. The number of aliphatic hydroxyl groups excluding tert-OH is 1. The number of fused-ring (bicyclic) bond motifs is 1. The Balaban J connectivity index is 1.74. The summed E-state index contributed by atoms with van der Waals surface area (Å²) in [4.78, 5) is 0. The molecule has 0 spiro atoms. The van der Waals surface area contributed by atoms with Crippen LogP contribution in [0.25, 0.3) is 0 Å². The third-order valence-corrected chi connectivity index (χ3v) is 3.49. The molecule has 1 N–H and O–H groups in total. The summed E-state index contributed by atoms with van der Waals surface area (Å²) in [7, 11) is 0. The molecule has 1 aliphatic carbocycles. The first-order chi connectivity index (χ1) is 6.88. The predicted octanol–water partition coefficient (Wildman–Crippen LogP) is 2.64. The third kappa shape index (κ3) is 2.96. The van der Waals surface area contributed by atoms with Gasteiger partial charge in [-0.05, 0) is 12.8 Å². The number of aliphatic hydroxyl groups is 1. The lowest BCUT2D eigenvalue weighted by Crippen LogP contribution is -2.16. The van der Waals surface area contributed by atoms with Crippen molar-refractivity contribution in [3.63, 3.8) is 0 Å². The molecule has 1 saturated heterocycles. The van der Waals surface area contributed by atoms with Gasteiger partial charge in [0.05, 0.1) is 12.2 Å². The van der Waals surface area contributed by atoms with E-state index in [-0.39, 0.29) is 12.2 Å². The van der Waals surface area contributed by atoms with Gasteiger partial charge in [0.25, 0.3) is 0 Å². The summed E-state index contributed by atoms with van der Waals surface area (Å²) in [5, 5.41) is 9.78. The summed E-state index contributed by atoms with van der Waals surface area (Å²) in [5.41, 5.74) is 0. The van der Waals surface area contributed by atoms with Gasteiger partial charge in [0.2, 0.25) is 0 Å². The molecule has 0 aromatic rings. The Morgan fingerprint density at radius 1 is 0.786 bits per heavy atom. The lowest BCUT2D eigenvalue weighted by atomic mass is 10.00. The van der Waals surface area contributed by atoms with E-state index in [1.807, 2.05) is 0 Å². The number of hydrogen-bond acceptors (Lipinski definition) is 2. The maximum Gasteiger partial charge on any atom is 0.110 e. The summed E-state index contributed by atoms with van der Waals surface area (Å²) in [6.45, 7) is 0. The smallest absolute Gasteiger partial charge is 0.110 e. The van der Waals surface area contributed by atoms with Crippen LogP contribution in [0.15, 0.2) is 0 Å². The summed E-state index contributed by atoms with van der Waals surface area (Å²) in [5.74, 6) is 0. The Hall–Kier alpha value is -0.0800. The van der Waals surface area contributed by atoms with E-state index in [1.54, 1.807) is 0 Å². The van der Waals surface area contributed by atoms with E-state index in [4.69, 9.17) is 4.74 Å². The van der Waals surface area contributed by atoms with Crippen molar-refractivity contribution in [1.29, 1.82) is 0 Å². The van der Waals surface area contributed by atoms with Crippen LogP contribution in [0.1, 0.15) is 57.8 Å². The molecule has 0 amide bonds. The van der Waals surface area contributed by atoms with Gasteiger partial charge in [0.1, 0.15) is 6.10 Å². The van der Waals surface area contributed by atoms with E-state index in [0.29, 0.717) is 6.10 Å². The minimum Gasteiger partial charge on any atom is -0.390 e. The van der Waals surface area contributed by atoms with Crippen molar-refractivity contribution in [3.05, 3.63) is 0 Å². The van der Waals surface area contributed by atoms with Crippen molar-refractivity contribution in [2.24, 2.45) is 0 Å². The molecule has 1 heterocycles. The molecule has 0 aromatic heterocycles. The van der Waals surface area contributed by atoms with Crippen LogP contribution >= 0.6 is 0 Å². The Morgan fingerprint density at radius 3 is 2.07 bits per heavy atom. The van der Waals surface area contributed by atoms with Crippen LogP contribution in [-0.4, -0.2) is 23.4 Å². The molecule has 2 fully saturated rings. The fourth-order valence-electron chi connectivity index (χ4n) is 2.47. The number of ether oxygens (including phenoxy) is 1. The predicted molar refractivity (Wildman–Crippen MR) is 56.2 cm³/mol. The number of rotatable bonds is 0. The van der Waals surface area contributed by atoms with Crippen molar-refractivity contribution in [2.75, 3.05) is 0 Å². The Labute approximate surface area is 86.6 Å². The van der Waals surface area contributed by atoms with Crippen molar-refractivity contribution < 1.29 is 9.84 Å². The maximum absolute atomic E-state index is 9.78. The summed E-state index contributed by atoms with van der Waals surface area (Å²) in [6, 6.07) is 0. The molecule has 1 aliphatic heterocycles. The summed E-state index contributed by atoms with van der Waals surface area (Å²) >= 11 is 0. The fourth-order valence-corrected chi connectivity index (χ4v) is 2.47. The van der Waals surface area contributed by atoms with E-state index in [2.05, 4.69) is 0 Å². The second-order valence-electron chi connectivity index (χ2n) is 4.76. The molecule has 82 valence electrons. The molecule has 2 heteroatoms. The van der Waals surface area contributed by atoms with Gasteiger partial charge in [-0.2, -0.15) is 0 Å². The van der Waals surface area contributed by atoms with Gasteiger partial charge in [-0.15, -0.1) is 0 Å². The molecule has 2 aliphatic rings. The van der Waals surface area contributed by atoms with Crippen LogP contribution < -0.4 is 0 Å². The average Bonchev–Trinajstić information content (AvgIpc) is 2.92. The van der Waals surface area contributed by atoms with Crippen LogP contribution in [0, 0.1) is 0 Å². The first kappa shape index (κ1) is 10.4. The first-order valence-corrected chi connectivity index (χ1v) is 6.21. The standard InChI is InChI=1S/C12H22O2/c13-10-8-6-4-2-1-3-5-7-9-11-12(10)14-11/h10-13H,1-9H2/t10?,11-,12+/m0/s1. The van der Waals surface area contributed by atoms with Crippen LogP contribution in [-0.2, 0) is 4.74 Å². The van der Waals surface area contributed by atoms with Gasteiger partial charge in [-0.25, -0.2) is 0 Å². The van der Waals surface area contributed by atoms with Crippen LogP contribution in [0.2, 0.25) is 0 Å². The second kappa shape index (κ2) is 5.13. The van der Waals surface area contributed by atoms with E-state index in [1.165, 1.54) is 51.4 Å². The zero-order chi connectivity index (χ0) is 9.80. The molecule has 2 nitrogen and oxygen atoms in total. The molecular weight excluding hydrogens is 176 g/mol. The highest BCUT2D eigenvalue weighted by Crippen LogP contribution is 2.32. The van der Waals surface area contributed by atoms with E-state index < -0.39 is 0 Å². The lowest BCUT2D eigenvalue weighted by molar-refractivity contribution is 0.123. The number of hydrogen-bond donors (Lipinski definition) is 1. The molecule has 1 unspecified atom stereocenters. The molecular formula is C12H22O2. The van der Waals surface area contributed by atoms with E-state index >= 15 is 0 Å². The van der Waals surface area contributed by atoms with Gasteiger partial charge >= 0.3 is 0 Å². The van der Waals surface area contributed by atoms with E-state index in [9.17, 15) is 5.11 Å². The normalized spacial score (nSPS) is 40.5. The van der Waals surface area contributed by atoms with Crippen LogP contribution in [0.3, 0.4) is 0 Å². The van der Waals surface area contributed by atoms with Crippen molar-refractivity contribution in [1.82, 2.24) is 0 Å². The molecule has 14 heavy (non-hydrogen) atoms. The van der Waals surface area contributed by atoms with Crippen molar-refractivity contribution >= 4 is 0 Å². The third-order valence-electron chi connectivity index (χ3n) is 3.49. The SMILES string of the molecule is OC1CCCCCCCCC[C@@H]2O[C@H]12. The first-order valence-electron chi connectivity index (χ1n) is 6.21. The van der Waals surface area contributed by atoms with Crippen molar-refractivity contribution in [3.8, 4) is 0 Å². The van der Waals surface area contributed by atoms with E-state index in [0.717, 1.165) is 6.42 Å². The van der Waals surface area contributed by atoms with Gasteiger partial charge in [0, 0.05) is 0 Å². The molecule has 3 atom stereocenters. The van der Waals surface area contributed by atoms with Gasteiger partial charge in [-0.3, -0.25) is 0 Å². The van der Waals surface area contributed by atoms with Crippen molar-refractivity contribution in [2.45, 2.75) is 76.1 Å². The van der Waals surface area contributed by atoms with Gasteiger partial charge in [0.15, 0.2) is 0 Å². The summed E-state index contributed by atoms with van der Waals surface area (Å²) < 4.78 is 5.49. The molecule has 1 saturated carbocycles.